The fourth-order valence-corrected chi connectivity index (χ4v) is 2.85. The first-order valence-corrected chi connectivity index (χ1v) is 6.68. The summed E-state index contributed by atoms with van der Waals surface area (Å²) in [6.45, 7) is 0.554. The van der Waals surface area contributed by atoms with E-state index in [1.165, 1.54) is 5.56 Å². The Bertz CT molecular complexity index is 604. The number of ketones is 1. The number of nitrogens with zero attached hydrogens (tertiary/aromatic N) is 1. The smallest absolute Gasteiger partial charge is 0.299 e. The molecule has 0 aliphatic carbocycles. The second-order valence-electron chi connectivity index (χ2n) is 4.18. The molecule has 1 aliphatic heterocycles. The van der Waals surface area contributed by atoms with Crippen molar-refractivity contribution in [1.82, 2.24) is 0 Å². The third-order valence-corrected chi connectivity index (χ3v) is 3.82. The van der Waals surface area contributed by atoms with E-state index in [9.17, 15) is 9.59 Å². The van der Waals surface area contributed by atoms with Crippen LogP contribution in [0, 0.1) is 0 Å². The molecule has 3 rings (SSSR count). The van der Waals surface area contributed by atoms with Crippen molar-refractivity contribution in [3.63, 3.8) is 0 Å². The van der Waals surface area contributed by atoms with Crippen molar-refractivity contribution in [2.45, 2.75) is 6.42 Å². The van der Waals surface area contributed by atoms with Crippen LogP contribution >= 0.6 is 11.3 Å². The molecule has 1 aliphatic rings. The van der Waals surface area contributed by atoms with Crippen LogP contribution in [0.1, 0.15) is 15.9 Å². The van der Waals surface area contributed by atoms with Gasteiger partial charge in [0, 0.05) is 6.54 Å². The zero-order valence-electron chi connectivity index (χ0n) is 9.63. The number of hydrogen-bond donors (Lipinski definition) is 0. The van der Waals surface area contributed by atoms with Gasteiger partial charge in [0.2, 0.25) is 0 Å². The predicted octanol–water partition coefficient (Wildman–Crippen LogP) is 2.52. The number of anilines is 1. The van der Waals surface area contributed by atoms with Gasteiger partial charge in [0.25, 0.3) is 11.7 Å². The number of thiophene rings is 1. The number of benzene rings is 1. The van der Waals surface area contributed by atoms with Crippen LogP contribution in [0.5, 0.6) is 0 Å². The molecule has 1 amide bonds. The lowest BCUT2D eigenvalue weighted by Gasteiger charge is -2.15. The summed E-state index contributed by atoms with van der Waals surface area (Å²) in [5, 5.41) is 4.08. The van der Waals surface area contributed by atoms with E-state index in [1.807, 2.05) is 23.6 Å². The third-order valence-electron chi connectivity index (χ3n) is 3.08. The van der Waals surface area contributed by atoms with Crippen LogP contribution in [0.25, 0.3) is 0 Å². The molecule has 0 radical (unpaired) electrons. The maximum Gasteiger partial charge on any atom is 0.299 e. The van der Waals surface area contributed by atoms with Crippen molar-refractivity contribution < 1.29 is 9.59 Å². The van der Waals surface area contributed by atoms with Gasteiger partial charge in [-0.05, 0) is 40.9 Å². The number of para-hydroxylation sites is 1. The van der Waals surface area contributed by atoms with E-state index in [-0.39, 0.29) is 0 Å². The van der Waals surface area contributed by atoms with Crippen molar-refractivity contribution in [3.8, 4) is 0 Å². The van der Waals surface area contributed by atoms with Gasteiger partial charge in [-0.15, -0.1) is 0 Å². The standard InChI is InChI=1S/C14H11NO2S/c16-13-11-3-1-2-4-12(11)15(14(13)17)7-5-10-6-8-18-9-10/h1-4,6,8-9H,5,7H2. The van der Waals surface area contributed by atoms with E-state index in [0.29, 0.717) is 12.1 Å². The van der Waals surface area contributed by atoms with Gasteiger partial charge in [-0.1, -0.05) is 12.1 Å². The van der Waals surface area contributed by atoms with Crippen molar-refractivity contribution in [2.24, 2.45) is 0 Å². The van der Waals surface area contributed by atoms with Gasteiger partial charge in [0.05, 0.1) is 11.3 Å². The number of carbonyl (C=O) groups is 2. The van der Waals surface area contributed by atoms with Crippen molar-refractivity contribution in [3.05, 3.63) is 52.2 Å². The molecule has 90 valence electrons. The molecule has 0 unspecified atom stereocenters. The van der Waals surface area contributed by atoms with E-state index in [2.05, 4.69) is 5.38 Å². The summed E-state index contributed by atoms with van der Waals surface area (Å²) in [7, 11) is 0. The summed E-state index contributed by atoms with van der Waals surface area (Å²) in [6.07, 6.45) is 0.775. The van der Waals surface area contributed by atoms with Crippen LogP contribution in [-0.2, 0) is 11.2 Å². The summed E-state index contributed by atoms with van der Waals surface area (Å²) in [5.41, 5.74) is 2.46. The van der Waals surface area contributed by atoms with E-state index in [0.717, 1.165) is 12.1 Å². The Morgan fingerprint density at radius 1 is 1.11 bits per heavy atom. The molecule has 0 spiro atoms. The summed E-state index contributed by atoms with van der Waals surface area (Å²) < 4.78 is 0. The number of fused-ring (bicyclic) bond motifs is 1. The maximum absolute atomic E-state index is 11.9. The molecule has 3 nitrogen and oxygen atoms in total. The summed E-state index contributed by atoms with van der Waals surface area (Å²) in [6, 6.07) is 9.21. The monoisotopic (exact) mass is 257 g/mol. The number of rotatable bonds is 3. The molecule has 18 heavy (non-hydrogen) atoms. The Morgan fingerprint density at radius 3 is 2.72 bits per heavy atom. The lowest BCUT2D eigenvalue weighted by molar-refractivity contribution is -0.114. The highest BCUT2D eigenvalue weighted by atomic mass is 32.1. The molecule has 0 atom stereocenters. The highest BCUT2D eigenvalue weighted by molar-refractivity contribution is 7.07. The largest absolute Gasteiger partial charge is 0.304 e. The normalized spacial score (nSPS) is 14.1. The molecule has 1 aromatic heterocycles. The molecular formula is C14H11NO2S. The SMILES string of the molecule is O=C1C(=O)N(CCc2ccsc2)c2ccccc21. The van der Waals surface area contributed by atoms with Gasteiger partial charge >= 0.3 is 0 Å². The first kappa shape index (κ1) is 11.2. The van der Waals surface area contributed by atoms with Crippen molar-refractivity contribution >= 4 is 28.7 Å². The number of Topliss-reactive ketones (excluding diaryl/α,β-unsaturated/α-hetero) is 1. The van der Waals surface area contributed by atoms with Crippen LogP contribution in [0.3, 0.4) is 0 Å². The minimum Gasteiger partial charge on any atom is -0.304 e. The van der Waals surface area contributed by atoms with Gasteiger partial charge < -0.3 is 4.90 Å². The zero-order chi connectivity index (χ0) is 12.5. The van der Waals surface area contributed by atoms with Crippen LogP contribution in [0.2, 0.25) is 0 Å². The van der Waals surface area contributed by atoms with Crippen LogP contribution in [0.15, 0.2) is 41.1 Å². The van der Waals surface area contributed by atoms with Gasteiger partial charge in [-0.3, -0.25) is 9.59 Å². The van der Waals surface area contributed by atoms with Crippen molar-refractivity contribution in [1.29, 1.82) is 0 Å². The second-order valence-corrected chi connectivity index (χ2v) is 4.96. The Hall–Kier alpha value is -1.94. The zero-order valence-corrected chi connectivity index (χ0v) is 10.4. The summed E-state index contributed by atoms with van der Waals surface area (Å²) >= 11 is 1.64. The highest BCUT2D eigenvalue weighted by Crippen LogP contribution is 2.28. The molecule has 4 heteroatoms. The third kappa shape index (κ3) is 1.75. The molecular weight excluding hydrogens is 246 g/mol. The number of hydrogen-bond acceptors (Lipinski definition) is 3. The Kier molecular flexibility index (Phi) is 2.72. The molecule has 0 bridgehead atoms. The lowest BCUT2D eigenvalue weighted by Crippen LogP contribution is -2.31. The molecule has 2 aromatic rings. The quantitative estimate of drug-likeness (QED) is 0.792. The Balaban J connectivity index is 1.84. The van der Waals surface area contributed by atoms with Gasteiger partial charge in [0.15, 0.2) is 0 Å². The fraction of sp³-hybridized carbons (Fsp3) is 0.143. The molecule has 1 aromatic carbocycles. The molecule has 2 heterocycles. The minimum absolute atomic E-state index is 0.393. The second kappa shape index (κ2) is 4.38. The van der Waals surface area contributed by atoms with Crippen molar-refractivity contribution in [2.75, 3.05) is 11.4 Å². The first-order chi connectivity index (χ1) is 8.77. The fourth-order valence-electron chi connectivity index (χ4n) is 2.15. The number of amides is 1. The van der Waals surface area contributed by atoms with E-state index in [1.54, 1.807) is 28.4 Å². The van der Waals surface area contributed by atoms with E-state index >= 15 is 0 Å². The first-order valence-electron chi connectivity index (χ1n) is 5.73. The van der Waals surface area contributed by atoms with Crippen LogP contribution in [0.4, 0.5) is 5.69 Å². The van der Waals surface area contributed by atoms with E-state index < -0.39 is 11.7 Å². The molecule has 0 saturated carbocycles. The topological polar surface area (TPSA) is 37.4 Å². The van der Waals surface area contributed by atoms with Gasteiger partial charge in [-0.2, -0.15) is 11.3 Å². The Labute approximate surface area is 109 Å². The highest BCUT2D eigenvalue weighted by Gasteiger charge is 2.34. The number of carbonyl (C=O) groups excluding carboxylic acids is 2. The summed E-state index contributed by atoms with van der Waals surface area (Å²) in [4.78, 5) is 25.3. The maximum atomic E-state index is 11.9. The average Bonchev–Trinajstić information content (AvgIpc) is 2.98. The van der Waals surface area contributed by atoms with Gasteiger partial charge in [-0.25, -0.2) is 0 Å². The molecule has 0 fully saturated rings. The summed E-state index contributed by atoms with van der Waals surface area (Å²) in [5.74, 6) is -0.803. The molecule has 0 N–H and O–H groups in total. The van der Waals surface area contributed by atoms with Gasteiger partial charge in [0.1, 0.15) is 0 Å². The van der Waals surface area contributed by atoms with Crippen LogP contribution < -0.4 is 4.90 Å². The molecule has 0 saturated heterocycles. The predicted molar refractivity (Wildman–Crippen MR) is 71.1 cm³/mol. The van der Waals surface area contributed by atoms with Crippen LogP contribution in [-0.4, -0.2) is 18.2 Å². The van der Waals surface area contributed by atoms with E-state index in [4.69, 9.17) is 0 Å². The Morgan fingerprint density at radius 2 is 1.94 bits per heavy atom. The minimum atomic E-state index is -0.411. The lowest BCUT2D eigenvalue weighted by atomic mass is 10.1. The average molecular weight is 257 g/mol.